The average Bonchev–Trinajstić information content (AvgIpc) is 2.26. The van der Waals surface area contributed by atoms with E-state index >= 15 is 0 Å². The number of aromatic nitrogens is 1. The molecule has 2 N–H and O–H groups in total. The number of carbonyl (C=O) groups is 1. The standard InChI is InChI=1S/C12H18N2O2/c1-3-4-9(2)8-16-12(15)10-5-11(13)7-14-6-10/h5-7,9H,3-4,8,13H2,1-2H3. The van der Waals surface area contributed by atoms with E-state index in [2.05, 4.69) is 18.8 Å². The summed E-state index contributed by atoms with van der Waals surface area (Å²) < 4.78 is 5.16. The third-order valence-corrected chi connectivity index (χ3v) is 2.28. The molecule has 0 saturated heterocycles. The van der Waals surface area contributed by atoms with Crippen LogP contribution >= 0.6 is 0 Å². The number of esters is 1. The summed E-state index contributed by atoms with van der Waals surface area (Å²) in [6.45, 7) is 4.62. The van der Waals surface area contributed by atoms with Crippen LogP contribution in [0.15, 0.2) is 18.5 Å². The minimum Gasteiger partial charge on any atom is -0.462 e. The fourth-order valence-electron chi connectivity index (χ4n) is 1.45. The van der Waals surface area contributed by atoms with Crippen molar-refractivity contribution in [3.63, 3.8) is 0 Å². The highest BCUT2D eigenvalue weighted by molar-refractivity contribution is 5.89. The molecule has 4 heteroatoms. The molecule has 1 unspecified atom stereocenters. The largest absolute Gasteiger partial charge is 0.462 e. The minimum atomic E-state index is -0.359. The van der Waals surface area contributed by atoms with Crippen LogP contribution in [0, 0.1) is 5.92 Å². The summed E-state index contributed by atoms with van der Waals surface area (Å²) in [6, 6.07) is 1.57. The van der Waals surface area contributed by atoms with Crippen molar-refractivity contribution in [1.82, 2.24) is 4.98 Å². The van der Waals surface area contributed by atoms with Crippen molar-refractivity contribution >= 4 is 11.7 Å². The van der Waals surface area contributed by atoms with E-state index in [9.17, 15) is 4.79 Å². The van der Waals surface area contributed by atoms with E-state index in [1.165, 1.54) is 12.4 Å². The molecule has 0 radical (unpaired) electrons. The Labute approximate surface area is 95.8 Å². The number of anilines is 1. The number of hydrogen-bond donors (Lipinski definition) is 1. The molecule has 1 aromatic rings. The Morgan fingerprint density at radius 1 is 1.56 bits per heavy atom. The molecule has 0 spiro atoms. The van der Waals surface area contributed by atoms with Crippen molar-refractivity contribution in [3.8, 4) is 0 Å². The van der Waals surface area contributed by atoms with Gasteiger partial charge in [0.2, 0.25) is 0 Å². The third-order valence-electron chi connectivity index (χ3n) is 2.28. The van der Waals surface area contributed by atoms with E-state index in [-0.39, 0.29) is 5.97 Å². The summed E-state index contributed by atoms with van der Waals surface area (Å²) in [4.78, 5) is 15.4. The van der Waals surface area contributed by atoms with Crippen LogP contribution in [0.5, 0.6) is 0 Å². The van der Waals surface area contributed by atoms with Crippen LogP contribution in [-0.2, 0) is 4.74 Å². The van der Waals surface area contributed by atoms with Gasteiger partial charge in [0.25, 0.3) is 0 Å². The first-order chi connectivity index (χ1) is 7.63. The third kappa shape index (κ3) is 3.88. The van der Waals surface area contributed by atoms with Gasteiger partial charge in [-0.1, -0.05) is 20.3 Å². The van der Waals surface area contributed by atoms with E-state index in [0.717, 1.165) is 12.8 Å². The quantitative estimate of drug-likeness (QED) is 0.776. The van der Waals surface area contributed by atoms with E-state index in [1.54, 1.807) is 6.07 Å². The first-order valence-corrected chi connectivity index (χ1v) is 5.51. The van der Waals surface area contributed by atoms with Gasteiger partial charge >= 0.3 is 5.97 Å². The number of ether oxygens (including phenoxy) is 1. The number of carbonyl (C=O) groups excluding carboxylic acids is 1. The fourth-order valence-corrected chi connectivity index (χ4v) is 1.45. The van der Waals surface area contributed by atoms with Crippen molar-refractivity contribution in [2.45, 2.75) is 26.7 Å². The summed E-state index contributed by atoms with van der Waals surface area (Å²) in [5, 5.41) is 0. The number of hydrogen-bond acceptors (Lipinski definition) is 4. The topological polar surface area (TPSA) is 65.2 Å². The van der Waals surface area contributed by atoms with Gasteiger partial charge in [0.1, 0.15) is 0 Å². The van der Waals surface area contributed by atoms with Gasteiger partial charge < -0.3 is 10.5 Å². The summed E-state index contributed by atoms with van der Waals surface area (Å²) in [7, 11) is 0. The molecule has 0 aliphatic carbocycles. The molecule has 0 fully saturated rings. The normalized spacial score (nSPS) is 12.1. The van der Waals surface area contributed by atoms with Gasteiger partial charge in [-0.3, -0.25) is 4.98 Å². The predicted octanol–water partition coefficient (Wildman–Crippen LogP) is 2.26. The van der Waals surface area contributed by atoms with Crippen LogP contribution in [-0.4, -0.2) is 17.6 Å². The molecule has 0 amide bonds. The smallest absolute Gasteiger partial charge is 0.339 e. The number of nitrogens with zero attached hydrogens (tertiary/aromatic N) is 1. The average molecular weight is 222 g/mol. The SMILES string of the molecule is CCCC(C)COC(=O)c1cncc(N)c1. The van der Waals surface area contributed by atoms with Gasteiger partial charge in [-0.05, 0) is 18.4 Å². The molecule has 1 heterocycles. The zero-order valence-electron chi connectivity index (χ0n) is 9.77. The monoisotopic (exact) mass is 222 g/mol. The zero-order chi connectivity index (χ0) is 12.0. The molecule has 1 atom stereocenters. The molecule has 16 heavy (non-hydrogen) atoms. The molecule has 0 aromatic carbocycles. The highest BCUT2D eigenvalue weighted by Gasteiger charge is 2.10. The second kappa shape index (κ2) is 6.10. The van der Waals surface area contributed by atoms with Gasteiger partial charge in [-0.15, -0.1) is 0 Å². The van der Waals surface area contributed by atoms with Crippen LogP contribution in [0.25, 0.3) is 0 Å². The van der Waals surface area contributed by atoms with Crippen LogP contribution in [0.2, 0.25) is 0 Å². The van der Waals surface area contributed by atoms with Gasteiger partial charge in [0, 0.05) is 12.4 Å². The zero-order valence-corrected chi connectivity index (χ0v) is 9.77. The molecular formula is C12H18N2O2. The van der Waals surface area contributed by atoms with Crippen LogP contribution in [0.4, 0.5) is 5.69 Å². The van der Waals surface area contributed by atoms with Crippen LogP contribution < -0.4 is 5.73 Å². The summed E-state index contributed by atoms with van der Waals surface area (Å²) in [5.74, 6) is 0.0331. The lowest BCUT2D eigenvalue weighted by atomic mass is 10.1. The summed E-state index contributed by atoms with van der Waals surface area (Å²) in [6.07, 6.45) is 5.11. The molecule has 88 valence electrons. The molecule has 0 bridgehead atoms. The summed E-state index contributed by atoms with van der Waals surface area (Å²) >= 11 is 0. The lowest BCUT2D eigenvalue weighted by molar-refractivity contribution is 0.0443. The van der Waals surface area contributed by atoms with Crippen LogP contribution in [0.1, 0.15) is 37.0 Å². The predicted molar refractivity (Wildman–Crippen MR) is 63.0 cm³/mol. The first-order valence-electron chi connectivity index (χ1n) is 5.51. The van der Waals surface area contributed by atoms with Gasteiger partial charge in [-0.2, -0.15) is 0 Å². The number of rotatable bonds is 5. The van der Waals surface area contributed by atoms with Crippen molar-refractivity contribution in [2.75, 3.05) is 12.3 Å². The van der Waals surface area contributed by atoms with Crippen molar-refractivity contribution in [2.24, 2.45) is 5.92 Å². The molecule has 1 rings (SSSR count). The second-order valence-electron chi connectivity index (χ2n) is 4.00. The second-order valence-corrected chi connectivity index (χ2v) is 4.00. The van der Waals surface area contributed by atoms with Gasteiger partial charge in [-0.25, -0.2) is 4.79 Å². The summed E-state index contributed by atoms with van der Waals surface area (Å²) in [5.41, 5.74) is 6.40. The maximum absolute atomic E-state index is 11.6. The molecule has 1 aromatic heterocycles. The van der Waals surface area contributed by atoms with Crippen molar-refractivity contribution < 1.29 is 9.53 Å². The van der Waals surface area contributed by atoms with Crippen molar-refractivity contribution in [3.05, 3.63) is 24.0 Å². The molecule has 4 nitrogen and oxygen atoms in total. The lowest BCUT2D eigenvalue weighted by Gasteiger charge is -2.10. The van der Waals surface area contributed by atoms with Crippen molar-refractivity contribution in [1.29, 1.82) is 0 Å². The fraction of sp³-hybridized carbons (Fsp3) is 0.500. The molecule has 0 saturated carbocycles. The number of nitrogen functional groups attached to an aromatic ring is 1. The minimum absolute atomic E-state index is 0.359. The van der Waals surface area contributed by atoms with Gasteiger partial charge in [0.05, 0.1) is 17.9 Å². The Morgan fingerprint density at radius 3 is 2.94 bits per heavy atom. The lowest BCUT2D eigenvalue weighted by Crippen LogP contribution is -2.12. The Morgan fingerprint density at radius 2 is 2.31 bits per heavy atom. The maximum Gasteiger partial charge on any atom is 0.339 e. The molecule has 0 aliphatic rings. The van der Waals surface area contributed by atoms with Gasteiger partial charge in [0.15, 0.2) is 0 Å². The highest BCUT2D eigenvalue weighted by atomic mass is 16.5. The highest BCUT2D eigenvalue weighted by Crippen LogP contribution is 2.09. The van der Waals surface area contributed by atoms with E-state index < -0.39 is 0 Å². The number of pyridine rings is 1. The Bertz CT molecular complexity index is 353. The number of nitrogens with two attached hydrogens (primary N) is 1. The Hall–Kier alpha value is -1.58. The van der Waals surface area contributed by atoms with E-state index in [4.69, 9.17) is 10.5 Å². The van der Waals surface area contributed by atoms with E-state index in [0.29, 0.717) is 23.8 Å². The first kappa shape index (κ1) is 12.5. The maximum atomic E-state index is 11.6. The Balaban J connectivity index is 2.47. The molecule has 0 aliphatic heterocycles. The van der Waals surface area contributed by atoms with E-state index in [1.807, 2.05) is 0 Å². The molecular weight excluding hydrogens is 204 g/mol. The Kier molecular flexibility index (Phi) is 4.76. The van der Waals surface area contributed by atoms with Crippen LogP contribution in [0.3, 0.4) is 0 Å².